The molecule has 2 rings (SSSR count). The number of halogens is 2. The molecule has 0 amide bonds. The van der Waals surface area contributed by atoms with Gasteiger partial charge in [0.25, 0.3) is 0 Å². The van der Waals surface area contributed by atoms with E-state index in [1.54, 1.807) is 6.07 Å². The molecule has 0 heterocycles. The number of Topliss-reactive ketones (excluding diaryl/α,β-unsaturated/α-hetero) is 1. The predicted molar refractivity (Wildman–Crippen MR) is 56.1 cm³/mol. The van der Waals surface area contributed by atoms with Crippen molar-refractivity contribution >= 4 is 28.4 Å². The van der Waals surface area contributed by atoms with Gasteiger partial charge in [0.05, 0.1) is 0 Å². The normalized spacial score (nSPS) is 15.7. The van der Waals surface area contributed by atoms with Crippen LogP contribution in [-0.2, 0) is 17.6 Å². The number of ketones is 1. The maximum Gasteiger partial charge on any atom is 0.137 e. The molecule has 0 unspecified atom stereocenters. The predicted octanol–water partition coefficient (Wildman–Crippen LogP) is 2.49. The molecule has 3 heteroatoms. The van der Waals surface area contributed by atoms with E-state index in [0.29, 0.717) is 19.3 Å². The molecule has 0 spiro atoms. The Morgan fingerprint density at radius 3 is 2.85 bits per heavy atom. The van der Waals surface area contributed by atoms with E-state index in [1.165, 1.54) is 6.07 Å². The van der Waals surface area contributed by atoms with Crippen LogP contribution in [0.25, 0.3) is 0 Å². The van der Waals surface area contributed by atoms with Crippen molar-refractivity contribution in [2.24, 2.45) is 0 Å². The Balaban J connectivity index is 2.53. The van der Waals surface area contributed by atoms with Gasteiger partial charge in [0.2, 0.25) is 0 Å². The van der Waals surface area contributed by atoms with Gasteiger partial charge in [-0.1, -0.05) is 0 Å². The summed E-state index contributed by atoms with van der Waals surface area (Å²) in [6.07, 6.45) is 1.74. The summed E-state index contributed by atoms with van der Waals surface area (Å²) in [5.74, 6) is 0.0644. The van der Waals surface area contributed by atoms with Gasteiger partial charge in [-0.3, -0.25) is 4.79 Å². The van der Waals surface area contributed by atoms with Crippen molar-refractivity contribution < 1.29 is 9.18 Å². The monoisotopic (exact) mass is 290 g/mol. The van der Waals surface area contributed by atoms with Crippen molar-refractivity contribution in [3.05, 3.63) is 32.6 Å². The van der Waals surface area contributed by atoms with E-state index in [9.17, 15) is 9.18 Å². The Morgan fingerprint density at radius 2 is 2.08 bits per heavy atom. The van der Waals surface area contributed by atoms with Crippen molar-refractivity contribution in [3.63, 3.8) is 0 Å². The Morgan fingerprint density at radius 1 is 1.31 bits per heavy atom. The van der Waals surface area contributed by atoms with E-state index < -0.39 is 0 Å². The quantitative estimate of drug-likeness (QED) is 0.671. The van der Waals surface area contributed by atoms with E-state index in [4.69, 9.17) is 0 Å². The van der Waals surface area contributed by atoms with Crippen LogP contribution in [0.1, 0.15) is 17.5 Å². The van der Waals surface area contributed by atoms with Gasteiger partial charge in [-0.05, 0) is 52.3 Å². The zero-order chi connectivity index (χ0) is 9.42. The molecule has 1 nitrogen and oxygen atoms in total. The summed E-state index contributed by atoms with van der Waals surface area (Å²) >= 11 is 2.09. The molecule has 0 aromatic heterocycles. The maximum atomic E-state index is 13.0. The molecular weight excluding hydrogens is 282 g/mol. The third-order valence-electron chi connectivity index (χ3n) is 2.30. The molecule has 0 fully saturated rings. The zero-order valence-electron chi connectivity index (χ0n) is 6.94. The molecule has 1 aliphatic carbocycles. The van der Waals surface area contributed by atoms with Gasteiger partial charge in [0.15, 0.2) is 0 Å². The van der Waals surface area contributed by atoms with E-state index in [2.05, 4.69) is 22.6 Å². The topological polar surface area (TPSA) is 17.1 Å². The third-order valence-corrected chi connectivity index (χ3v) is 3.26. The van der Waals surface area contributed by atoms with Crippen molar-refractivity contribution in [1.29, 1.82) is 0 Å². The van der Waals surface area contributed by atoms with Gasteiger partial charge < -0.3 is 0 Å². The highest BCUT2D eigenvalue weighted by Gasteiger charge is 2.18. The molecule has 0 N–H and O–H groups in total. The first kappa shape index (κ1) is 9.12. The number of aryl methyl sites for hydroxylation is 1. The van der Waals surface area contributed by atoms with Crippen molar-refractivity contribution in [1.82, 2.24) is 0 Å². The smallest absolute Gasteiger partial charge is 0.137 e. The number of carbonyl (C=O) groups excluding carboxylic acids is 1. The molecule has 0 bridgehead atoms. The molecule has 13 heavy (non-hydrogen) atoms. The van der Waals surface area contributed by atoms with Crippen LogP contribution in [0.4, 0.5) is 4.39 Å². The van der Waals surface area contributed by atoms with Gasteiger partial charge in [-0.2, -0.15) is 0 Å². The van der Waals surface area contributed by atoms with Crippen LogP contribution in [0.5, 0.6) is 0 Å². The molecule has 0 atom stereocenters. The number of benzene rings is 1. The largest absolute Gasteiger partial charge is 0.299 e. The molecule has 68 valence electrons. The second kappa shape index (κ2) is 3.36. The lowest BCUT2D eigenvalue weighted by atomic mass is 9.91. The fourth-order valence-corrected chi connectivity index (χ4v) is 2.47. The first-order valence-electron chi connectivity index (χ1n) is 4.15. The second-order valence-corrected chi connectivity index (χ2v) is 4.40. The van der Waals surface area contributed by atoms with Crippen LogP contribution in [0.15, 0.2) is 12.1 Å². The fraction of sp³-hybridized carbons (Fsp3) is 0.300. The zero-order valence-corrected chi connectivity index (χ0v) is 9.10. The van der Waals surface area contributed by atoms with Crippen LogP contribution in [0.2, 0.25) is 0 Å². The molecule has 1 aliphatic rings. The SMILES string of the molecule is O=C1CCc2cc(F)cc(I)c2C1. The Labute approximate surface area is 89.5 Å². The number of rotatable bonds is 0. The van der Waals surface area contributed by atoms with Gasteiger partial charge >= 0.3 is 0 Å². The first-order chi connectivity index (χ1) is 6.16. The fourth-order valence-electron chi connectivity index (χ4n) is 1.64. The highest BCUT2D eigenvalue weighted by atomic mass is 127. The Kier molecular flexibility index (Phi) is 2.36. The molecule has 0 radical (unpaired) electrons. The van der Waals surface area contributed by atoms with Crippen LogP contribution in [0, 0.1) is 9.39 Å². The van der Waals surface area contributed by atoms with E-state index in [0.717, 1.165) is 14.7 Å². The molecule has 1 aromatic rings. The summed E-state index contributed by atoms with van der Waals surface area (Å²) in [6.45, 7) is 0. The standard InChI is InChI=1S/C10H8FIO/c11-7-3-6-1-2-8(13)5-9(6)10(12)4-7/h3-4H,1-2,5H2. The second-order valence-electron chi connectivity index (χ2n) is 3.24. The first-order valence-corrected chi connectivity index (χ1v) is 5.23. The van der Waals surface area contributed by atoms with Crippen molar-refractivity contribution in [2.75, 3.05) is 0 Å². The summed E-state index contributed by atoms with van der Waals surface area (Å²) in [7, 11) is 0. The number of fused-ring (bicyclic) bond motifs is 1. The van der Waals surface area contributed by atoms with Gasteiger partial charge in [0, 0.05) is 16.4 Å². The lowest BCUT2D eigenvalue weighted by Gasteiger charge is -2.16. The Bertz CT molecular complexity index is 373. The molecule has 1 aromatic carbocycles. The van der Waals surface area contributed by atoms with Gasteiger partial charge in [-0.15, -0.1) is 0 Å². The average Bonchev–Trinajstić information content (AvgIpc) is 2.06. The minimum atomic E-state index is -0.197. The summed E-state index contributed by atoms with van der Waals surface area (Å²) in [5.41, 5.74) is 2.03. The van der Waals surface area contributed by atoms with Crippen LogP contribution >= 0.6 is 22.6 Å². The molecule has 0 saturated heterocycles. The average molecular weight is 290 g/mol. The third kappa shape index (κ3) is 1.75. The summed E-state index contributed by atoms with van der Waals surface area (Å²) in [4.78, 5) is 11.2. The Hall–Kier alpha value is -0.450. The summed E-state index contributed by atoms with van der Waals surface area (Å²) < 4.78 is 13.8. The van der Waals surface area contributed by atoms with Crippen LogP contribution in [0.3, 0.4) is 0 Å². The number of hydrogen-bond donors (Lipinski definition) is 0. The van der Waals surface area contributed by atoms with Gasteiger partial charge in [-0.25, -0.2) is 4.39 Å². The molecule has 0 saturated carbocycles. The van der Waals surface area contributed by atoms with Crippen LogP contribution in [-0.4, -0.2) is 5.78 Å². The van der Waals surface area contributed by atoms with Crippen LogP contribution < -0.4 is 0 Å². The summed E-state index contributed by atoms with van der Waals surface area (Å²) in [5, 5.41) is 0. The van der Waals surface area contributed by atoms with E-state index in [-0.39, 0.29) is 11.6 Å². The van der Waals surface area contributed by atoms with E-state index in [1.807, 2.05) is 0 Å². The lowest BCUT2D eigenvalue weighted by molar-refractivity contribution is -0.118. The highest BCUT2D eigenvalue weighted by Crippen LogP contribution is 2.25. The summed E-state index contributed by atoms with van der Waals surface area (Å²) in [6, 6.07) is 3.03. The number of carbonyl (C=O) groups is 1. The lowest BCUT2D eigenvalue weighted by Crippen LogP contribution is -2.14. The maximum absolute atomic E-state index is 13.0. The minimum absolute atomic E-state index is 0.197. The van der Waals surface area contributed by atoms with E-state index >= 15 is 0 Å². The van der Waals surface area contributed by atoms with Crippen molar-refractivity contribution in [3.8, 4) is 0 Å². The highest BCUT2D eigenvalue weighted by molar-refractivity contribution is 14.1. The number of hydrogen-bond acceptors (Lipinski definition) is 1. The molecular formula is C10H8FIO. The molecule has 0 aliphatic heterocycles. The van der Waals surface area contributed by atoms with Gasteiger partial charge in [0.1, 0.15) is 11.6 Å². The minimum Gasteiger partial charge on any atom is -0.299 e. The van der Waals surface area contributed by atoms with Crippen molar-refractivity contribution in [2.45, 2.75) is 19.3 Å².